The topological polar surface area (TPSA) is 83.9 Å². The fourth-order valence-electron chi connectivity index (χ4n) is 8.14. The molecule has 30 heavy (non-hydrogen) atoms. The van der Waals surface area contributed by atoms with Crippen LogP contribution in [0.4, 0.5) is 0 Å². The third-order valence-corrected chi connectivity index (χ3v) is 9.14. The lowest BCUT2D eigenvalue weighted by Gasteiger charge is -2.54. The van der Waals surface area contributed by atoms with Crippen molar-refractivity contribution in [2.75, 3.05) is 6.54 Å². The smallest absolute Gasteiger partial charge is 0.314 e. The lowest BCUT2D eigenvalue weighted by molar-refractivity contribution is -0.152. The number of carbonyl (C=O) groups is 3. The molecule has 0 spiro atoms. The van der Waals surface area contributed by atoms with Crippen molar-refractivity contribution in [2.45, 2.75) is 65.7 Å². The van der Waals surface area contributed by atoms with Crippen LogP contribution in [0.2, 0.25) is 0 Å². The van der Waals surface area contributed by atoms with Gasteiger partial charge in [0.1, 0.15) is 11.8 Å². The van der Waals surface area contributed by atoms with E-state index in [1.165, 1.54) is 10.5 Å². The summed E-state index contributed by atoms with van der Waals surface area (Å²) >= 11 is 0. The molecule has 3 saturated heterocycles. The summed E-state index contributed by atoms with van der Waals surface area (Å²) in [5, 5.41) is 11.3. The van der Waals surface area contributed by atoms with E-state index in [1.54, 1.807) is 0 Å². The zero-order chi connectivity index (χ0) is 21.7. The number of allylic oxidation sites excluding steroid dienone is 2. The van der Waals surface area contributed by atoms with Crippen molar-refractivity contribution in [3.63, 3.8) is 0 Å². The van der Waals surface area contributed by atoms with Crippen molar-refractivity contribution < 1.29 is 24.2 Å². The monoisotopic (exact) mass is 415 g/mol. The molecule has 4 fully saturated rings. The van der Waals surface area contributed by atoms with Gasteiger partial charge in [-0.3, -0.25) is 14.4 Å². The summed E-state index contributed by atoms with van der Waals surface area (Å²) in [5.41, 5.74) is -0.537. The molecule has 5 aliphatic rings. The molecular weight excluding hydrogens is 382 g/mol. The van der Waals surface area contributed by atoms with E-state index < -0.39 is 29.6 Å². The molecule has 0 bridgehead atoms. The SMILES string of the molecule is CC1=C[C@]2(C)C[C@@H](C)C[C@@H](C)[C@@H]2[C@@H](C(=O)[C@@H]2C(=O)N3CC[C@H]4C(=O)O[C@@H]2[C@]43O)[C@@H]1C. The van der Waals surface area contributed by atoms with Gasteiger partial charge in [0.15, 0.2) is 17.6 Å². The molecule has 0 aromatic heterocycles. The van der Waals surface area contributed by atoms with Crippen LogP contribution in [-0.4, -0.2) is 46.0 Å². The summed E-state index contributed by atoms with van der Waals surface area (Å²) in [6.45, 7) is 11.2. The van der Waals surface area contributed by atoms with Crippen LogP contribution in [0.3, 0.4) is 0 Å². The molecule has 5 rings (SSSR count). The minimum atomic E-state index is -1.65. The normalized spacial score (nSPS) is 52.1. The standard InChI is InChI=1S/C24H33NO5/c1-11-8-12(2)18-16(14(4)13(3)10-23(18,5)9-11)19(26)17-20-24(29)15(22(28)30-20)6-7-25(24)21(17)27/h10-12,14-18,20,29H,6-9H2,1-5H3/t11-,12+,14+,15-,16-,17-,18+,20-,23-,24+/m0/s1. The highest BCUT2D eigenvalue weighted by atomic mass is 16.6. The summed E-state index contributed by atoms with van der Waals surface area (Å²) < 4.78 is 5.50. The number of esters is 1. The maximum absolute atomic E-state index is 14.1. The van der Waals surface area contributed by atoms with Crippen LogP contribution >= 0.6 is 0 Å². The maximum atomic E-state index is 14.1. The van der Waals surface area contributed by atoms with Crippen molar-refractivity contribution in [1.29, 1.82) is 0 Å². The van der Waals surface area contributed by atoms with Crippen LogP contribution in [0.15, 0.2) is 11.6 Å². The fraction of sp³-hybridized carbons (Fsp3) is 0.792. The van der Waals surface area contributed by atoms with Crippen molar-refractivity contribution in [3.8, 4) is 0 Å². The van der Waals surface area contributed by atoms with Gasteiger partial charge in [0, 0.05) is 12.5 Å². The molecule has 1 N–H and O–H groups in total. The quantitative estimate of drug-likeness (QED) is 0.426. The van der Waals surface area contributed by atoms with E-state index in [1.807, 2.05) is 0 Å². The molecule has 6 heteroatoms. The average Bonchev–Trinajstić information content (AvgIpc) is 3.18. The van der Waals surface area contributed by atoms with Crippen LogP contribution in [0.5, 0.6) is 0 Å². The molecule has 0 radical (unpaired) electrons. The minimum absolute atomic E-state index is 0.0252. The number of ether oxygens (including phenoxy) is 1. The summed E-state index contributed by atoms with van der Waals surface area (Å²) in [6.07, 6.45) is 3.80. The predicted molar refractivity (Wildman–Crippen MR) is 109 cm³/mol. The van der Waals surface area contributed by atoms with Crippen LogP contribution < -0.4 is 0 Å². The van der Waals surface area contributed by atoms with Gasteiger partial charge in [-0.2, -0.15) is 0 Å². The van der Waals surface area contributed by atoms with E-state index in [2.05, 4.69) is 40.7 Å². The van der Waals surface area contributed by atoms with Crippen molar-refractivity contribution >= 4 is 17.7 Å². The van der Waals surface area contributed by atoms with Gasteiger partial charge in [-0.1, -0.05) is 39.3 Å². The molecule has 3 aliphatic heterocycles. The van der Waals surface area contributed by atoms with Gasteiger partial charge >= 0.3 is 5.97 Å². The van der Waals surface area contributed by atoms with Gasteiger partial charge < -0.3 is 14.7 Å². The second-order valence-electron chi connectivity index (χ2n) is 11.1. The zero-order valence-corrected chi connectivity index (χ0v) is 18.6. The molecule has 164 valence electrons. The molecule has 1 saturated carbocycles. The number of aliphatic hydroxyl groups is 1. The van der Waals surface area contributed by atoms with E-state index in [0.717, 1.165) is 12.8 Å². The first kappa shape index (κ1) is 20.2. The average molecular weight is 416 g/mol. The van der Waals surface area contributed by atoms with Gasteiger partial charge in [-0.25, -0.2) is 0 Å². The molecule has 10 atom stereocenters. The highest BCUT2D eigenvalue weighted by Crippen LogP contribution is 2.59. The number of rotatable bonds is 2. The molecule has 6 nitrogen and oxygen atoms in total. The van der Waals surface area contributed by atoms with E-state index in [0.29, 0.717) is 24.8 Å². The van der Waals surface area contributed by atoms with Gasteiger partial charge in [-0.05, 0) is 55.3 Å². The highest BCUT2D eigenvalue weighted by molar-refractivity contribution is 6.07. The number of hydrogen-bond donors (Lipinski definition) is 1. The van der Waals surface area contributed by atoms with Gasteiger partial charge in [0.25, 0.3) is 0 Å². The van der Waals surface area contributed by atoms with E-state index in [-0.39, 0.29) is 34.9 Å². The summed E-state index contributed by atoms with van der Waals surface area (Å²) in [5.74, 6) is -1.98. The second-order valence-corrected chi connectivity index (χ2v) is 11.1. The molecular formula is C24H33NO5. The molecule has 0 unspecified atom stereocenters. The number of Topliss-reactive ketones (excluding diaryl/α,β-unsaturated/α-hetero) is 1. The van der Waals surface area contributed by atoms with E-state index in [4.69, 9.17) is 4.74 Å². The molecule has 3 heterocycles. The summed E-state index contributed by atoms with van der Waals surface area (Å²) in [6, 6.07) is 0. The third-order valence-electron chi connectivity index (χ3n) is 9.14. The van der Waals surface area contributed by atoms with E-state index in [9.17, 15) is 19.5 Å². The molecule has 0 aromatic carbocycles. The molecule has 0 aromatic rings. The summed E-state index contributed by atoms with van der Waals surface area (Å²) in [4.78, 5) is 41.0. The lowest BCUT2D eigenvalue weighted by atomic mass is 9.49. The third kappa shape index (κ3) is 2.32. The van der Waals surface area contributed by atoms with Gasteiger partial charge in [-0.15, -0.1) is 0 Å². The summed E-state index contributed by atoms with van der Waals surface area (Å²) in [7, 11) is 0. The van der Waals surface area contributed by atoms with E-state index >= 15 is 0 Å². The predicted octanol–water partition coefficient (Wildman–Crippen LogP) is 2.55. The fourth-order valence-corrected chi connectivity index (χ4v) is 8.14. The number of ketones is 1. The number of amides is 1. The first-order chi connectivity index (χ1) is 14.0. The van der Waals surface area contributed by atoms with Crippen LogP contribution in [0.25, 0.3) is 0 Å². The molecule has 1 amide bonds. The Kier molecular flexibility index (Phi) is 4.17. The minimum Gasteiger partial charge on any atom is -0.455 e. The Bertz CT molecular complexity index is 866. The van der Waals surface area contributed by atoms with Crippen LogP contribution in [0, 0.1) is 46.8 Å². The first-order valence-electron chi connectivity index (χ1n) is 11.5. The first-order valence-corrected chi connectivity index (χ1v) is 11.5. The van der Waals surface area contributed by atoms with Crippen LogP contribution in [0.1, 0.15) is 53.9 Å². The number of hydrogen-bond acceptors (Lipinski definition) is 5. The van der Waals surface area contributed by atoms with Gasteiger partial charge in [0.05, 0.1) is 0 Å². The van der Waals surface area contributed by atoms with Crippen molar-refractivity contribution in [3.05, 3.63) is 11.6 Å². The van der Waals surface area contributed by atoms with Crippen molar-refractivity contribution in [1.82, 2.24) is 4.90 Å². The van der Waals surface area contributed by atoms with Crippen molar-refractivity contribution in [2.24, 2.45) is 46.8 Å². The molecule has 2 aliphatic carbocycles. The van der Waals surface area contributed by atoms with Gasteiger partial charge in [0.2, 0.25) is 5.91 Å². The van der Waals surface area contributed by atoms with Crippen LogP contribution in [-0.2, 0) is 19.1 Å². The Morgan fingerprint density at radius 3 is 2.67 bits per heavy atom. The lowest BCUT2D eigenvalue weighted by Crippen LogP contribution is -2.52. The zero-order valence-electron chi connectivity index (χ0n) is 18.6. The Hall–Kier alpha value is -1.69. The Balaban J connectivity index is 1.55. The highest BCUT2D eigenvalue weighted by Gasteiger charge is 2.74. The number of fused-ring (bicyclic) bond motifs is 1. The maximum Gasteiger partial charge on any atom is 0.314 e. The Labute approximate surface area is 178 Å². The largest absolute Gasteiger partial charge is 0.455 e. The Morgan fingerprint density at radius 2 is 1.97 bits per heavy atom. The second kappa shape index (κ2) is 6.18. The Morgan fingerprint density at radius 1 is 1.27 bits per heavy atom. The number of carbonyl (C=O) groups excluding carboxylic acids is 3. The number of nitrogens with zero attached hydrogens (tertiary/aromatic N) is 1.